The predicted octanol–water partition coefficient (Wildman–Crippen LogP) is 13.2. The van der Waals surface area contributed by atoms with E-state index in [0.717, 1.165) is 79.1 Å². The molecule has 0 saturated heterocycles. The highest BCUT2D eigenvalue weighted by molar-refractivity contribution is 6.98. The van der Waals surface area contributed by atoms with Crippen molar-refractivity contribution in [1.82, 2.24) is 0 Å². The van der Waals surface area contributed by atoms with Crippen molar-refractivity contribution in [2.45, 2.75) is 53.9 Å². The summed E-state index contributed by atoms with van der Waals surface area (Å²) in [6, 6.07) is 57.8. The van der Waals surface area contributed by atoms with Crippen molar-refractivity contribution in [3.05, 3.63) is 197 Å². The minimum Gasteiger partial charge on any atom is -0.458 e. The van der Waals surface area contributed by atoms with Gasteiger partial charge in [0.2, 0.25) is 0 Å². The molecule has 0 radical (unpaired) electrons. The summed E-state index contributed by atoms with van der Waals surface area (Å²) in [7, 11) is 0. The van der Waals surface area contributed by atoms with Gasteiger partial charge in [-0.05, 0) is 123 Å². The molecule has 11 rings (SSSR count). The normalized spacial score (nSPS) is 13.5. The lowest BCUT2D eigenvalue weighted by molar-refractivity contribution is 0.465. The molecule has 8 aromatic carbocycles. The molecule has 8 aromatic rings. The molecule has 0 fully saturated rings. The van der Waals surface area contributed by atoms with E-state index in [1.807, 2.05) is 0 Å². The Labute approximate surface area is 359 Å². The maximum absolute atomic E-state index is 7.52. The van der Waals surface area contributed by atoms with E-state index < -0.39 is 0 Å². The van der Waals surface area contributed by atoms with Crippen LogP contribution in [-0.4, -0.2) is 6.71 Å². The molecular weight excluding hydrogens is 743 g/mol. The molecule has 0 unspecified atom stereocenters. The molecular formula is C56H47BN2O2. The van der Waals surface area contributed by atoms with Crippen LogP contribution in [0, 0.1) is 34.6 Å². The molecule has 0 bridgehead atoms. The molecule has 1 aliphatic carbocycles. The van der Waals surface area contributed by atoms with E-state index in [4.69, 9.17) is 9.47 Å². The van der Waals surface area contributed by atoms with Gasteiger partial charge in [-0.3, -0.25) is 0 Å². The zero-order valence-corrected chi connectivity index (χ0v) is 35.8. The van der Waals surface area contributed by atoms with Gasteiger partial charge in [0.15, 0.2) is 0 Å². The third-order valence-corrected chi connectivity index (χ3v) is 13.0. The highest BCUT2D eigenvalue weighted by atomic mass is 16.5. The zero-order valence-electron chi connectivity index (χ0n) is 35.8. The molecule has 3 aliphatic rings. The molecule has 296 valence electrons. The number of hydrogen-bond acceptors (Lipinski definition) is 4. The standard InChI is InChI=1S/C56H47BN2O2/c1-34-12-21-39(22-13-34)58(40-23-14-35(2)15-24-40)43-31-50-54-51(32-43)61-55-47(57(54)46-30-38(5)20-29-49(46)60-50)33-48(53-52(55)44-10-8-9-11-45(44)56(53,6)7)59(41-25-16-36(3)17-26-41)42-27-18-37(4)19-28-42/h8-33H,1-7H3. The summed E-state index contributed by atoms with van der Waals surface area (Å²) in [6.07, 6.45) is 0. The molecule has 0 amide bonds. The predicted molar refractivity (Wildman–Crippen MR) is 255 cm³/mol. The van der Waals surface area contributed by atoms with Crippen LogP contribution in [0.25, 0.3) is 11.1 Å². The van der Waals surface area contributed by atoms with Gasteiger partial charge in [0.1, 0.15) is 23.0 Å². The van der Waals surface area contributed by atoms with Crippen molar-refractivity contribution in [3.8, 4) is 34.1 Å². The number of rotatable bonds is 6. The Morgan fingerprint density at radius 1 is 0.443 bits per heavy atom. The third kappa shape index (κ3) is 5.90. The number of anilines is 6. The largest absolute Gasteiger partial charge is 0.458 e. The van der Waals surface area contributed by atoms with Crippen LogP contribution in [0.5, 0.6) is 23.0 Å². The van der Waals surface area contributed by atoms with Gasteiger partial charge in [0.05, 0.1) is 11.4 Å². The maximum atomic E-state index is 7.52. The Bertz CT molecular complexity index is 2950. The van der Waals surface area contributed by atoms with Gasteiger partial charge < -0.3 is 19.3 Å². The van der Waals surface area contributed by atoms with E-state index in [2.05, 4.69) is 216 Å². The molecule has 61 heavy (non-hydrogen) atoms. The van der Waals surface area contributed by atoms with Crippen molar-refractivity contribution in [1.29, 1.82) is 0 Å². The Hall–Kier alpha value is -6.98. The van der Waals surface area contributed by atoms with Crippen LogP contribution in [0.3, 0.4) is 0 Å². The van der Waals surface area contributed by atoms with Crippen LogP contribution in [0.4, 0.5) is 34.1 Å². The first kappa shape index (κ1) is 37.1. The first-order chi connectivity index (χ1) is 29.5. The van der Waals surface area contributed by atoms with Gasteiger partial charge in [0.25, 0.3) is 6.71 Å². The maximum Gasteiger partial charge on any atom is 0.260 e. The number of ether oxygens (including phenoxy) is 2. The van der Waals surface area contributed by atoms with E-state index in [1.165, 1.54) is 44.5 Å². The average molecular weight is 791 g/mol. The van der Waals surface area contributed by atoms with Crippen molar-refractivity contribution in [3.63, 3.8) is 0 Å². The molecule has 5 heteroatoms. The molecule has 2 heterocycles. The number of benzene rings is 8. The smallest absolute Gasteiger partial charge is 0.260 e. The van der Waals surface area contributed by atoms with Crippen molar-refractivity contribution in [2.75, 3.05) is 9.80 Å². The first-order valence-electron chi connectivity index (χ1n) is 21.4. The minimum absolute atomic E-state index is 0.142. The fourth-order valence-electron chi connectivity index (χ4n) is 9.96. The molecule has 0 atom stereocenters. The van der Waals surface area contributed by atoms with Gasteiger partial charge in [-0.1, -0.05) is 127 Å². The Morgan fingerprint density at radius 3 is 1.49 bits per heavy atom. The van der Waals surface area contributed by atoms with Crippen molar-refractivity contribution in [2.24, 2.45) is 0 Å². The second kappa shape index (κ2) is 13.8. The molecule has 0 aromatic heterocycles. The SMILES string of the molecule is Cc1ccc(N(c2ccc(C)cc2)c2cc3c4c(c2)Oc2c(cc(N(c5ccc(C)cc5)c5ccc(C)cc5)c5c2-c2ccccc2C5(C)C)B4c2cc(C)ccc2O3)cc1. The lowest BCUT2D eigenvalue weighted by Gasteiger charge is -2.38. The summed E-state index contributed by atoms with van der Waals surface area (Å²) in [5.41, 5.74) is 20.5. The molecule has 0 N–H and O–H groups in total. The summed E-state index contributed by atoms with van der Waals surface area (Å²) in [4.78, 5) is 4.77. The second-order valence-electron chi connectivity index (χ2n) is 17.8. The van der Waals surface area contributed by atoms with Crippen LogP contribution < -0.4 is 35.7 Å². The van der Waals surface area contributed by atoms with Gasteiger partial charge >= 0.3 is 0 Å². The molecule has 0 spiro atoms. The molecule has 4 nitrogen and oxygen atoms in total. The number of nitrogens with zero attached hydrogens (tertiary/aromatic N) is 2. The summed E-state index contributed by atoms with van der Waals surface area (Å²) in [5, 5.41) is 0. The van der Waals surface area contributed by atoms with E-state index in [-0.39, 0.29) is 12.1 Å². The van der Waals surface area contributed by atoms with Crippen LogP contribution in [0.1, 0.15) is 52.8 Å². The van der Waals surface area contributed by atoms with E-state index in [1.54, 1.807) is 0 Å². The minimum atomic E-state index is -0.335. The fraction of sp³-hybridized carbons (Fsp3) is 0.143. The monoisotopic (exact) mass is 790 g/mol. The number of fused-ring (bicyclic) bond motifs is 8. The Balaban J connectivity index is 1.21. The van der Waals surface area contributed by atoms with Gasteiger partial charge in [-0.2, -0.15) is 0 Å². The van der Waals surface area contributed by atoms with E-state index in [0.29, 0.717) is 0 Å². The van der Waals surface area contributed by atoms with E-state index >= 15 is 0 Å². The topological polar surface area (TPSA) is 24.9 Å². The average Bonchev–Trinajstić information content (AvgIpc) is 3.50. The van der Waals surface area contributed by atoms with E-state index in [9.17, 15) is 0 Å². The Kier molecular flexibility index (Phi) is 8.38. The number of aryl methyl sites for hydroxylation is 5. The zero-order chi connectivity index (χ0) is 41.7. The highest BCUT2D eigenvalue weighted by Gasteiger charge is 2.47. The second-order valence-corrected chi connectivity index (χ2v) is 17.8. The third-order valence-electron chi connectivity index (χ3n) is 13.0. The summed E-state index contributed by atoms with van der Waals surface area (Å²) in [6.45, 7) is 15.3. The van der Waals surface area contributed by atoms with Gasteiger partial charge in [0, 0.05) is 51.3 Å². The van der Waals surface area contributed by atoms with Crippen LogP contribution >= 0.6 is 0 Å². The quantitative estimate of drug-likeness (QED) is 0.157. The first-order valence-corrected chi connectivity index (χ1v) is 21.4. The van der Waals surface area contributed by atoms with Gasteiger partial charge in [-0.25, -0.2) is 0 Å². The van der Waals surface area contributed by atoms with Gasteiger partial charge in [-0.15, -0.1) is 0 Å². The highest BCUT2D eigenvalue weighted by Crippen LogP contribution is 2.58. The van der Waals surface area contributed by atoms with Crippen LogP contribution in [0.2, 0.25) is 0 Å². The van der Waals surface area contributed by atoms with Crippen LogP contribution in [0.15, 0.2) is 158 Å². The summed E-state index contributed by atoms with van der Waals surface area (Å²) < 4.78 is 14.5. The lowest BCUT2D eigenvalue weighted by atomic mass is 9.34. The van der Waals surface area contributed by atoms with Crippen LogP contribution in [-0.2, 0) is 5.41 Å². The summed E-state index contributed by atoms with van der Waals surface area (Å²) >= 11 is 0. The Morgan fingerprint density at radius 2 is 0.934 bits per heavy atom. The van der Waals surface area contributed by atoms with Crippen molar-refractivity contribution < 1.29 is 9.47 Å². The molecule has 2 aliphatic heterocycles. The number of hydrogen-bond donors (Lipinski definition) is 0. The fourth-order valence-corrected chi connectivity index (χ4v) is 9.96. The van der Waals surface area contributed by atoms with Crippen molar-refractivity contribution >= 4 is 57.2 Å². The summed E-state index contributed by atoms with van der Waals surface area (Å²) in [5.74, 6) is 3.40. The molecule has 0 saturated carbocycles. The lowest BCUT2D eigenvalue weighted by Crippen LogP contribution is -2.57.